The monoisotopic (exact) mass is 345 g/mol. The van der Waals surface area contributed by atoms with Crippen molar-refractivity contribution in [1.82, 2.24) is 0 Å². The predicted molar refractivity (Wildman–Crippen MR) is 99.9 cm³/mol. The molecule has 1 fully saturated rings. The number of ether oxygens (including phenoxy) is 2. The van der Waals surface area contributed by atoms with E-state index in [2.05, 4.69) is 4.74 Å². The summed E-state index contributed by atoms with van der Waals surface area (Å²) in [6, 6.07) is 0. The minimum Gasteiger partial charge on any atom is -0.469 e. The van der Waals surface area contributed by atoms with E-state index in [1.807, 2.05) is 30.4 Å². The number of epoxide rings is 1. The van der Waals surface area contributed by atoms with Gasteiger partial charge in [-0.1, -0.05) is 62.4 Å². The van der Waals surface area contributed by atoms with Gasteiger partial charge in [0.2, 0.25) is 0 Å². The summed E-state index contributed by atoms with van der Waals surface area (Å²) < 4.78 is 94.7. The number of carbonyl (C=O) groups excluding carboxylic acids is 1. The van der Waals surface area contributed by atoms with E-state index >= 15 is 0 Å². The molecule has 0 aromatic carbocycles. The Bertz CT molecular complexity index is 786. The van der Waals surface area contributed by atoms with Crippen molar-refractivity contribution >= 4 is 5.97 Å². The lowest BCUT2D eigenvalue weighted by Crippen LogP contribution is -1.98. The van der Waals surface area contributed by atoms with Crippen molar-refractivity contribution in [3.63, 3.8) is 0 Å². The largest absolute Gasteiger partial charge is 0.469 e. The summed E-state index contributed by atoms with van der Waals surface area (Å²) in [5.74, 6) is -0.222. The van der Waals surface area contributed by atoms with Crippen LogP contribution in [0.2, 0.25) is 0 Å². The van der Waals surface area contributed by atoms with Gasteiger partial charge >= 0.3 is 5.97 Å². The van der Waals surface area contributed by atoms with Crippen LogP contribution in [0.1, 0.15) is 85.9 Å². The highest BCUT2D eigenvalue weighted by atomic mass is 16.6. The van der Waals surface area contributed by atoms with Crippen molar-refractivity contribution in [3.05, 3.63) is 36.5 Å². The summed E-state index contributed by atoms with van der Waals surface area (Å²) in [7, 11) is 1.36. The lowest BCUT2D eigenvalue weighted by Gasteiger charge is -1.95. The molecule has 2 atom stereocenters. The van der Waals surface area contributed by atoms with Gasteiger partial charge in [0, 0.05) is 21.5 Å². The molecule has 136 valence electrons. The third-order valence-electron chi connectivity index (χ3n) is 3.31. The van der Waals surface area contributed by atoms with Gasteiger partial charge in [0.1, 0.15) is 0 Å². The number of rotatable bonds is 14. The minimum absolute atomic E-state index is 0.222. The highest BCUT2D eigenvalue weighted by molar-refractivity contribution is 5.69. The van der Waals surface area contributed by atoms with Crippen LogP contribution in [0.5, 0.6) is 0 Å². The maximum absolute atomic E-state index is 11.0. The highest BCUT2D eigenvalue weighted by Crippen LogP contribution is 2.30. The molecule has 3 nitrogen and oxygen atoms in total. The van der Waals surface area contributed by atoms with Crippen LogP contribution in [-0.4, -0.2) is 25.3 Å². The van der Waals surface area contributed by atoms with Crippen LogP contribution < -0.4 is 0 Å². The van der Waals surface area contributed by atoms with Crippen molar-refractivity contribution in [2.75, 3.05) is 7.11 Å². The van der Waals surface area contributed by atoms with Gasteiger partial charge in [0.25, 0.3) is 0 Å². The Hall–Kier alpha value is -1.35. The van der Waals surface area contributed by atoms with Gasteiger partial charge in [-0.2, -0.15) is 0 Å². The lowest BCUT2D eigenvalue weighted by molar-refractivity contribution is -0.140. The molecule has 0 aromatic rings. The molecular weight excluding hydrogens is 300 g/mol. The average molecular weight is 346 g/mol. The number of carbonyl (C=O) groups is 1. The molecule has 3 heteroatoms. The van der Waals surface area contributed by atoms with Gasteiger partial charge in [-0.3, -0.25) is 4.79 Å². The second-order valence-electron chi connectivity index (χ2n) is 5.20. The molecule has 0 radical (unpaired) electrons. The number of unbranched alkanes of at least 4 members (excludes halogenated alkanes) is 1. The summed E-state index contributed by atoms with van der Waals surface area (Å²) in [6.07, 6.45) is -0.795. The molecule has 1 rings (SSSR count). The third-order valence-corrected chi connectivity index (χ3v) is 3.31. The van der Waals surface area contributed by atoms with Gasteiger partial charge in [-0.05, 0) is 38.5 Å². The van der Waals surface area contributed by atoms with Gasteiger partial charge in [-0.15, -0.1) is 0 Å². The van der Waals surface area contributed by atoms with Crippen molar-refractivity contribution in [2.45, 2.75) is 83.1 Å². The van der Waals surface area contributed by atoms with E-state index in [-0.39, 0.29) is 12.4 Å². The van der Waals surface area contributed by atoms with Crippen LogP contribution in [0.3, 0.4) is 0 Å². The standard InChI is InChI=1S/C21H34O3/c1-3-4-13-16-19-20(24-19)17-14-11-9-7-5-6-8-10-12-15-18-21(22)23-2/h5,7-8,10-11,14,19-20H,3-4,6,9,12-13,15-18H2,1-2H3/b7-5-,10-8-,14-11-/t19-,20+/m1/s1/i1D3,3D2,4D2,13D2,16D2. The smallest absolute Gasteiger partial charge is 0.305 e. The quantitative estimate of drug-likeness (QED) is 0.180. The first-order valence-corrected chi connectivity index (χ1v) is 8.12. The normalized spacial score (nSPS) is 30.1. The van der Waals surface area contributed by atoms with E-state index in [4.69, 9.17) is 19.8 Å². The van der Waals surface area contributed by atoms with Gasteiger partial charge in [0.15, 0.2) is 0 Å². The van der Waals surface area contributed by atoms with E-state index < -0.39 is 44.6 Å². The number of hydrogen-bond donors (Lipinski definition) is 0. The van der Waals surface area contributed by atoms with E-state index in [9.17, 15) is 4.79 Å². The fourth-order valence-electron chi connectivity index (χ4n) is 1.94. The zero-order valence-electron chi connectivity index (χ0n) is 25.1. The number of hydrogen-bond acceptors (Lipinski definition) is 3. The van der Waals surface area contributed by atoms with E-state index in [0.29, 0.717) is 12.8 Å². The summed E-state index contributed by atoms with van der Waals surface area (Å²) in [5.41, 5.74) is 0. The Kier molecular flexibility index (Phi) is 5.48. The Morgan fingerprint density at radius 3 is 2.62 bits per heavy atom. The van der Waals surface area contributed by atoms with Crippen molar-refractivity contribution in [3.8, 4) is 0 Å². The summed E-state index contributed by atoms with van der Waals surface area (Å²) >= 11 is 0. The first-order chi connectivity index (χ1) is 15.9. The van der Waals surface area contributed by atoms with E-state index in [1.165, 1.54) is 7.11 Å². The molecule has 0 spiro atoms. The zero-order chi connectivity index (χ0) is 27.1. The highest BCUT2D eigenvalue weighted by Gasteiger charge is 2.36. The molecule has 1 aliphatic heterocycles. The summed E-state index contributed by atoms with van der Waals surface area (Å²) in [4.78, 5) is 11.0. The van der Waals surface area contributed by atoms with E-state index in [1.54, 1.807) is 6.08 Å². The number of allylic oxidation sites excluding steroid dienone is 5. The van der Waals surface area contributed by atoms with Crippen LogP contribution in [-0.2, 0) is 14.3 Å². The molecule has 0 saturated carbocycles. The Morgan fingerprint density at radius 1 is 1.12 bits per heavy atom. The Morgan fingerprint density at radius 2 is 1.88 bits per heavy atom. The van der Waals surface area contributed by atoms with Crippen molar-refractivity contribution < 1.29 is 29.3 Å². The van der Waals surface area contributed by atoms with E-state index in [0.717, 1.165) is 19.3 Å². The van der Waals surface area contributed by atoms with Crippen LogP contribution in [0.15, 0.2) is 36.5 Å². The lowest BCUT2D eigenvalue weighted by atomic mass is 10.1. The molecule has 0 unspecified atom stereocenters. The summed E-state index contributed by atoms with van der Waals surface area (Å²) in [6.45, 7) is -3.49. The predicted octanol–water partition coefficient (Wildman–Crippen LogP) is 5.52. The first-order valence-electron chi connectivity index (χ1n) is 13.6. The van der Waals surface area contributed by atoms with Gasteiger partial charge in [0.05, 0.1) is 19.3 Å². The van der Waals surface area contributed by atoms with Crippen LogP contribution >= 0.6 is 0 Å². The second-order valence-corrected chi connectivity index (χ2v) is 5.20. The SMILES string of the molecule is [2H]C([2H])([2H])C([2H])([2H])C([2H])([2H])C([2H])([2H])C([2H])([2H])[C@H]1O[C@H]1C/C=C\C/C=C\C/C=C\CCCC(=O)OC. The summed E-state index contributed by atoms with van der Waals surface area (Å²) in [5, 5.41) is 0. The third kappa shape index (κ3) is 11.2. The number of esters is 1. The second kappa shape index (κ2) is 14.0. The van der Waals surface area contributed by atoms with Crippen LogP contribution in [0.4, 0.5) is 0 Å². The first kappa shape index (κ1) is 9.38. The maximum atomic E-state index is 11.0. The molecular formula is C21H34O3. The molecule has 0 N–H and O–H groups in total. The molecule has 1 aliphatic rings. The Labute approximate surface area is 163 Å². The maximum Gasteiger partial charge on any atom is 0.305 e. The van der Waals surface area contributed by atoms with Gasteiger partial charge in [-0.25, -0.2) is 0 Å². The molecule has 1 saturated heterocycles. The fourth-order valence-corrected chi connectivity index (χ4v) is 1.94. The zero-order valence-corrected chi connectivity index (χ0v) is 14.1. The molecule has 1 heterocycles. The molecule has 24 heavy (non-hydrogen) atoms. The van der Waals surface area contributed by atoms with Crippen molar-refractivity contribution in [1.29, 1.82) is 0 Å². The molecule has 0 amide bonds. The topological polar surface area (TPSA) is 38.8 Å². The van der Waals surface area contributed by atoms with Crippen LogP contribution in [0, 0.1) is 0 Å². The van der Waals surface area contributed by atoms with Crippen LogP contribution in [0.25, 0.3) is 0 Å². The molecule has 0 aliphatic carbocycles. The Balaban J connectivity index is 2.50. The minimum atomic E-state index is -3.65. The molecule has 0 aromatic heterocycles. The molecule has 0 bridgehead atoms. The number of methoxy groups -OCH3 is 1. The average Bonchev–Trinajstić information content (AvgIpc) is 3.53. The van der Waals surface area contributed by atoms with Crippen molar-refractivity contribution in [2.24, 2.45) is 0 Å². The fraction of sp³-hybridized carbons (Fsp3) is 0.667. The van der Waals surface area contributed by atoms with Gasteiger partial charge < -0.3 is 9.47 Å².